The van der Waals surface area contributed by atoms with E-state index in [1.54, 1.807) is 12.3 Å². The van der Waals surface area contributed by atoms with E-state index in [4.69, 9.17) is 11.3 Å². The third kappa shape index (κ3) is 1.38. The molecule has 0 unspecified atom stereocenters. The summed E-state index contributed by atoms with van der Waals surface area (Å²) in [5.74, 6) is 0. The Morgan fingerprint density at radius 1 is 1.64 bits per heavy atom. The predicted octanol–water partition coefficient (Wildman–Crippen LogP) is 1.28. The van der Waals surface area contributed by atoms with Crippen LogP contribution in [-0.2, 0) is 6.54 Å². The van der Waals surface area contributed by atoms with Gasteiger partial charge in [0.15, 0.2) is 0 Å². The van der Waals surface area contributed by atoms with Gasteiger partial charge in [-0.05, 0) is 11.6 Å². The molecule has 0 saturated heterocycles. The first-order chi connectivity index (χ1) is 6.81. The molecule has 1 aromatic heterocycles. The molecule has 1 aliphatic heterocycles. The van der Waals surface area contributed by atoms with Crippen molar-refractivity contribution in [1.29, 1.82) is 0 Å². The molecular formula is C8H8N6. The van der Waals surface area contributed by atoms with Crippen LogP contribution in [0.5, 0.6) is 0 Å². The molecule has 1 aromatic rings. The van der Waals surface area contributed by atoms with Crippen LogP contribution < -0.4 is 5.73 Å². The molecule has 70 valence electrons. The average molecular weight is 188 g/mol. The highest BCUT2D eigenvalue weighted by Gasteiger charge is 2.15. The van der Waals surface area contributed by atoms with Crippen LogP contribution in [0.25, 0.3) is 10.4 Å². The van der Waals surface area contributed by atoms with Crippen molar-refractivity contribution >= 4 is 11.4 Å². The van der Waals surface area contributed by atoms with E-state index >= 15 is 0 Å². The molecule has 0 spiro atoms. The second-order valence-corrected chi connectivity index (χ2v) is 2.91. The van der Waals surface area contributed by atoms with Crippen molar-refractivity contribution in [2.75, 3.05) is 12.3 Å². The van der Waals surface area contributed by atoms with Gasteiger partial charge in [-0.1, -0.05) is 5.11 Å². The van der Waals surface area contributed by atoms with Gasteiger partial charge >= 0.3 is 0 Å². The summed E-state index contributed by atoms with van der Waals surface area (Å²) in [5, 5.41) is 3.46. The smallest absolute Gasteiger partial charge is 0.0822 e. The summed E-state index contributed by atoms with van der Waals surface area (Å²) in [5.41, 5.74) is 16.9. The van der Waals surface area contributed by atoms with E-state index in [0.717, 1.165) is 17.0 Å². The number of aliphatic imine (C=N–C) groups is 1. The molecular weight excluding hydrogens is 180 g/mol. The minimum atomic E-state index is 0.259. The zero-order valence-corrected chi connectivity index (χ0v) is 7.38. The fraction of sp³-hybridized carbons (Fsp3) is 0.250. The molecule has 1 aliphatic rings. The van der Waals surface area contributed by atoms with Crippen molar-refractivity contribution < 1.29 is 0 Å². The van der Waals surface area contributed by atoms with E-state index in [1.807, 2.05) is 0 Å². The highest BCUT2D eigenvalue weighted by molar-refractivity contribution is 6.05. The van der Waals surface area contributed by atoms with Crippen LogP contribution in [0.4, 0.5) is 5.69 Å². The van der Waals surface area contributed by atoms with Crippen LogP contribution in [-0.4, -0.2) is 17.2 Å². The molecule has 2 heterocycles. The van der Waals surface area contributed by atoms with E-state index in [9.17, 15) is 0 Å². The largest absolute Gasteiger partial charge is 0.397 e. The number of nitrogens with zero attached hydrogens (tertiary/aromatic N) is 5. The molecule has 6 nitrogen and oxygen atoms in total. The summed E-state index contributed by atoms with van der Waals surface area (Å²) in [6, 6.07) is 1.81. The fourth-order valence-corrected chi connectivity index (χ4v) is 1.37. The van der Waals surface area contributed by atoms with Crippen LogP contribution in [0.3, 0.4) is 0 Å². The number of hydrogen-bond donors (Lipinski definition) is 1. The van der Waals surface area contributed by atoms with Crippen molar-refractivity contribution in [2.24, 2.45) is 10.1 Å². The summed E-state index contributed by atoms with van der Waals surface area (Å²) < 4.78 is 0. The lowest BCUT2D eigenvalue weighted by Crippen LogP contribution is -2.04. The number of azide groups is 1. The van der Waals surface area contributed by atoms with E-state index in [1.165, 1.54) is 0 Å². The number of hydrogen-bond acceptors (Lipinski definition) is 4. The van der Waals surface area contributed by atoms with E-state index in [-0.39, 0.29) is 6.54 Å². The second-order valence-electron chi connectivity index (χ2n) is 2.91. The molecule has 2 N–H and O–H groups in total. The van der Waals surface area contributed by atoms with Gasteiger partial charge in [0, 0.05) is 10.5 Å². The maximum atomic E-state index is 8.19. The van der Waals surface area contributed by atoms with Gasteiger partial charge in [-0.15, -0.1) is 0 Å². The molecule has 0 radical (unpaired) electrons. The molecule has 0 bridgehead atoms. The van der Waals surface area contributed by atoms with Crippen LogP contribution in [0.1, 0.15) is 11.3 Å². The minimum absolute atomic E-state index is 0.259. The number of aromatic nitrogens is 1. The van der Waals surface area contributed by atoms with Gasteiger partial charge < -0.3 is 5.73 Å². The van der Waals surface area contributed by atoms with Crippen molar-refractivity contribution in [3.05, 3.63) is 34.0 Å². The normalized spacial score (nSPS) is 13.0. The summed E-state index contributed by atoms with van der Waals surface area (Å²) >= 11 is 0. The van der Waals surface area contributed by atoms with Gasteiger partial charge in [0.2, 0.25) is 0 Å². The Morgan fingerprint density at radius 3 is 3.29 bits per heavy atom. The number of nitrogens with two attached hydrogens (primary N) is 1. The Bertz CT molecular complexity index is 443. The Labute approximate surface area is 80.1 Å². The monoisotopic (exact) mass is 188 g/mol. The molecule has 0 aliphatic carbocycles. The summed E-state index contributed by atoms with van der Waals surface area (Å²) in [4.78, 5) is 11.0. The molecule has 0 amide bonds. The number of fused-ring (bicyclic) bond motifs is 1. The Balaban J connectivity index is 2.35. The SMILES string of the molecule is [N-]=[N+]=NCC1=NCc2ncc(N)cc21. The number of nitrogen functional groups attached to an aromatic ring is 1. The highest BCUT2D eigenvalue weighted by atomic mass is 15.1. The fourth-order valence-electron chi connectivity index (χ4n) is 1.37. The number of rotatable bonds is 2. The molecule has 0 aromatic carbocycles. The molecule has 0 fully saturated rings. The van der Waals surface area contributed by atoms with E-state index in [0.29, 0.717) is 12.2 Å². The lowest BCUT2D eigenvalue weighted by atomic mass is 10.1. The first-order valence-corrected chi connectivity index (χ1v) is 4.10. The quantitative estimate of drug-likeness (QED) is 0.429. The maximum Gasteiger partial charge on any atom is 0.0822 e. The summed E-state index contributed by atoms with van der Waals surface area (Å²) in [7, 11) is 0. The topological polar surface area (TPSA) is 100 Å². The summed E-state index contributed by atoms with van der Waals surface area (Å²) in [6.45, 7) is 0.806. The van der Waals surface area contributed by atoms with Crippen molar-refractivity contribution in [2.45, 2.75) is 6.54 Å². The number of anilines is 1. The predicted molar refractivity (Wildman–Crippen MR) is 52.9 cm³/mol. The number of pyridine rings is 1. The van der Waals surface area contributed by atoms with Crippen LogP contribution in [0.2, 0.25) is 0 Å². The van der Waals surface area contributed by atoms with Gasteiger partial charge in [-0.3, -0.25) is 9.98 Å². The molecule has 14 heavy (non-hydrogen) atoms. The minimum Gasteiger partial charge on any atom is -0.397 e. The lowest BCUT2D eigenvalue weighted by Gasteiger charge is -2.00. The molecule has 2 rings (SSSR count). The summed E-state index contributed by atoms with van der Waals surface area (Å²) in [6.07, 6.45) is 1.60. The Hall–Kier alpha value is -2.07. The Morgan fingerprint density at radius 2 is 2.50 bits per heavy atom. The van der Waals surface area contributed by atoms with Crippen LogP contribution in [0, 0.1) is 0 Å². The zero-order valence-electron chi connectivity index (χ0n) is 7.38. The molecule has 0 atom stereocenters. The third-order valence-corrected chi connectivity index (χ3v) is 2.01. The van der Waals surface area contributed by atoms with Crippen molar-refractivity contribution in [3.63, 3.8) is 0 Å². The van der Waals surface area contributed by atoms with Gasteiger partial charge in [0.05, 0.1) is 36.4 Å². The lowest BCUT2D eigenvalue weighted by molar-refractivity contribution is 1.02. The van der Waals surface area contributed by atoms with Crippen LogP contribution in [0.15, 0.2) is 22.4 Å². The zero-order chi connectivity index (χ0) is 9.97. The molecule has 6 heteroatoms. The van der Waals surface area contributed by atoms with E-state index < -0.39 is 0 Å². The van der Waals surface area contributed by atoms with Gasteiger partial charge in [-0.25, -0.2) is 0 Å². The highest BCUT2D eigenvalue weighted by Crippen LogP contribution is 2.18. The third-order valence-electron chi connectivity index (χ3n) is 2.01. The van der Waals surface area contributed by atoms with Crippen molar-refractivity contribution in [3.8, 4) is 0 Å². The van der Waals surface area contributed by atoms with Gasteiger partial charge in [0.1, 0.15) is 0 Å². The standard InChI is InChI=1S/C8H8N6/c9-5-1-6-7(11-2-5)3-12-8(6)4-13-14-10/h1-2H,3-4,9H2. The van der Waals surface area contributed by atoms with Gasteiger partial charge in [-0.2, -0.15) is 0 Å². The van der Waals surface area contributed by atoms with Crippen LogP contribution >= 0.6 is 0 Å². The first-order valence-electron chi connectivity index (χ1n) is 4.10. The van der Waals surface area contributed by atoms with Crippen molar-refractivity contribution in [1.82, 2.24) is 4.98 Å². The van der Waals surface area contributed by atoms with Gasteiger partial charge in [0.25, 0.3) is 0 Å². The van der Waals surface area contributed by atoms with E-state index in [2.05, 4.69) is 20.0 Å². The average Bonchev–Trinajstić information content (AvgIpc) is 2.57. The molecule has 0 saturated carbocycles. The maximum absolute atomic E-state index is 8.19. The Kier molecular flexibility index (Phi) is 2.04. The second kappa shape index (κ2) is 3.35. The first kappa shape index (κ1) is 8.52.